The molecule has 0 fully saturated rings. The van der Waals surface area contributed by atoms with E-state index >= 15 is 0 Å². The molecule has 0 saturated heterocycles. The Bertz CT molecular complexity index is 1150. The van der Waals surface area contributed by atoms with E-state index in [0.29, 0.717) is 11.4 Å². The Morgan fingerprint density at radius 2 is 1.93 bits per heavy atom. The van der Waals surface area contributed by atoms with Crippen molar-refractivity contribution >= 4 is 27.0 Å². The summed E-state index contributed by atoms with van der Waals surface area (Å²) < 4.78 is 27.8. The number of anilines is 2. The standard InChI is InChI=1S/C18H17N7O2S/c1-12-3-8-17(13(2)9-12)23-28(26,27)16-6-4-15(5-7-16)20-11-14(10-19)18-21-24-25-22-18/h3-9,11,20,23H,1-2H3,(H,21,22,24,25). The number of tetrazole rings is 1. The molecule has 2 aromatic carbocycles. The number of aromatic nitrogens is 4. The third kappa shape index (κ3) is 4.33. The van der Waals surface area contributed by atoms with Gasteiger partial charge >= 0.3 is 0 Å². The van der Waals surface area contributed by atoms with Crippen LogP contribution in [0, 0.1) is 25.2 Å². The number of nitrogens with zero attached hydrogens (tertiary/aromatic N) is 4. The summed E-state index contributed by atoms with van der Waals surface area (Å²) >= 11 is 0. The summed E-state index contributed by atoms with van der Waals surface area (Å²) in [6, 6.07) is 13.6. The summed E-state index contributed by atoms with van der Waals surface area (Å²) in [5.41, 5.74) is 3.22. The van der Waals surface area contributed by atoms with E-state index in [1.54, 1.807) is 18.2 Å². The van der Waals surface area contributed by atoms with E-state index in [1.807, 2.05) is 32.0 Å². The monoisotopic (exact) mass is 395 g/mol. The summed E-state index contributed by atoms with van der Waals surface area (Å²) in [6.45, 7) is 3.79. The highest BCUT2D eigenvalue weighted by Gasteiger charge is 2.15. The van der Waals surface area contributed by atoms with Gasteiger partial charge in [0.2, 0.25) is 5.82 Å². The fraction of sp³-hybridized carbons (Fsp3) is 0.111. The van der Waals surface area contributed by atoms with Gasteiger partial charge in [-0.05, 0) is 55.0 Å². The molecule has 3 N–H and O–H groups in total. The maximum absolute atomic E-state index is 12.6. The number of rotatable bonds is 6. The Hall–Kier alpha value is -3.71. The zero-order valence-electron chi connectivity index (χ0n) is 15.1. The highest BCUT2D eigenvalue weighted by atomic mass is 32.2. The highest BCUT2D eigenvalue weighted by molar-refractivity contribution is 7.92. The Morgan fingerprint density at radius 3 is 2.54 bits per heavy atom. The van der Waals surface area contributed by atoms with Crippen molar-refractivity contribution in [2.45, 2.75) is 18.7 Å². The summed E-state index contributed by atoms with van der Waals surface area (Å²) in [5.74, 6) is 0.159. The maximum atomic E-state index is 12.6. The summed E-state index contributed by atoms with van der Waals surface area (Å²) in [4.78, 5) is 0.126. The second kappa shape index (κ2) is 7.89. The lowest BCUT2D eigenvalue weighted by Gasteiger charge is -2.11. The molecule has 0 atom stereocenters. The molecule has 142 valence electrons. The number of nitriles is 1. The van der Waals surface area contributed by atoms with Crippen LogP contribution in [0.4, 0.5) is 11.4 Å². The summed E-state index contributed by atoms with van der Waals surface area (Å²) in [7, 11) is -3.71. The van der Waals surface area contributed by atoms with E-state index in [9.17, 15) is 8.42 Å². The molecule has 0 saturated carbocycles. The van der Waals surface area contributed by atoms with Gasteiger partial charge in [-0.25, -0.2) is 8.42 Å². The smallest absolute Gasteiger partial charge is 0.261 e. The fourth-order valence-electron chi connectivity index (χ4n) is 2.44. The first-order chi connectivity index (χ1) is 13.4. The van der Waals surface area contributed by atoms with E-state index in [0.717, 1.165) is 11.1 Å². The van der Waals surface area contributed by atoms with Gasteiger partial charge in [-0.1, -0.05) is 17.7 Å². The Morgan fingerprint density at radius 1 is 1.18 bits per heavy atom. The predicted molar refractivity (Wildman–Crippen MR) is 105 cm³/mol. The average molecular weight is 395 g/mol. The number of hydrogen-bond acceptors (Lipinski definition) is 7. The van der Waals surface area contributed by atoms with Crippen molar-refractivity contribution in [1.29, 1.82) is 5.26 Å². The van der Waals surface area contributed by atoms with Crippen LogP contribution in [0.5, 0.6) is 0 Å². The number of H-pyrrole nitrogens is 1. The predicted octanol–water partition coefficient (Wildman–Crippen LogP) is 2.59. The van der Waals surface area contributed by atoms with Crippen LogP contribution < -0.4 is 10.0 Å². The van der Waals surface area contributed by atoms with Crippen molar-refractivity contribution in [2.75, 3.05) is 10.0 Å². The molecule has 9 nitrogen and oxygen atoms in total. The van der Waals surface area contributed by atoms with Crippen molar-refractivity contribution in [3.63, 3.8) is 0 Å². The van der Waals surface area contributed by atoms with Crippen LogP contribution in [0.1, 0.15) is 17.0 Å². The minimum Gasteiger partial charge on any atom is -0.360 e. The Balaban J connectivity index is 1.75. The number of hydrogen-bond donors (Lipinski definition) is 3. The van der Waals surface area contributed by atoms with Gasteiger partial charge in [0.15, 0.2) is 0 Å². The van der Waals surface area contributed by atoms with Crippen molar-refractivity contribution < 1.29 is 8.42 Å². The average Bonchev–Trinajstić information content (AvgIpc) is 3.19. The number of aryl methyl sites for hydroxylation is 2. The first-order valence-corrected chi connectivity index (χ1v) is 9.68. The van der Waals surface area contributed by atoms with Crippen molar-refractivity contribution in [1.82, 2.24) is 20.6 Å². The lowest BCUT2D eigenvalue weighted by molar-refractivity contribution is 0.601. The SMILES string of the molecule is Cc1ccc(NS(=O)(=O)c2ccc(NC=C(C#N)c3nn[nH]n3)cc2)c(C)c1. The van der Waals surface area contributed by atoms with Crippen molar-refractivity contribution in [3.05, 3.63) is 65.6 Å². The van der Waals surface area contributed by atoms with Gasteiger partial charge in [0.05, 0.1) is 10.6 Å². The molecule has 1 heterocycles. The van der Waals surface area contributed by atoms with E-state index in [2.05, 4.69) is 30.7 Å². The molecule has 3 rings (SSSR count). The maximum Gasteiger partial charge on any atom is 0.261 e. The third-order valence-electron chi connectivity index (χ3n) is 3.88. The molecular formula is C18H17N7O2S. The summed E-state index contributed by atoms with van der Waals surface area (Å²) in [5, 5.41) is 25.2. The van der Waals surface area contributed by atoms with Gasteiger partial charge in [-0.3, -0.25) is 4.72 Å². The zero-order valence-corrected chi connectivity index (χ0v) is 15.9. The van der Waals surface area contributed by atoms with Crippen LogP contribution in [0.2, 0.25) is 0 Å². The van der Waals surface area contributed by atoms with Gasteiger partial charge in [-0.2, -0.15) is 10.5 Å². The van der Waals surface area contributed by atoms with Crippen LogP contribution in [0.15, 0.2) is 53.6 Å². The van der Waals surface area contributed by atoms with Crippen molar-refractivity contribution in [3.8, 4) is 6.07 Å². The van der Waals surface area contributed by atoms with E-state index < -0.39 is 10.0 Å². The number of benzene rings is 2. The van der Waals surface area contributed by atoms with Crippen LogP contribution >= 0.6 is 0 Å². The molecule has 1 aromatic heterocycles. The topological polar surface area (TPSA) is 136 Å². The number of nitrogens with one attached hydrogen (secondary N) is 3. The fourth-order valence-corrected chi connectivity index (χ4v) is 3.57. The van der Waals surface area contributed by atoms with Gasteiger partial charge in [0, 0.05) is 11.9 Å². The van der Waals surface area contributed by atoms with Gasteiger partial charge in [0.25, 0.3) is 10.0 Å². The van der Waals surface area contributed by atoms with Crippen molar-refractivity contribution in [2.24, 2.45) is 0 Å². The number of sulfonamides is 1. The normalized spacial score (nSPS) is 11.7. The first-order valence-electron chi connectivity index (χ1n) is 8.20. The largest absolute Gasteiger partial charge is 0.360 e. The molecule has 0 unspecified atom stereocenters. The molecule has 10 heteroatoms. The molecule has 0 radical (unpaired) electrons. The van der Waals surface area contributed by atoms with Gasteiger partial charge in [0.1, 0.15) is 11.6 Å². The minimum absolute atomic E-state index is 0.126. The third-order valence-corrected chi connectivity index (χ3v) is 5.26. The highest BCUT2D eigenvalue weighted by Crippen LogP contribution is 2.22. The van der Waals surface area contributed by atoms with E-state index in [-0.39, 0.29) is 16.3 Å². The second-order valence-electron chi connectivity index (χ2n) is 6.00. The quantitative estimate of drug-likeness (QED) is 0.546. The second-order valence-corrected chi connectivity index (χ2v) is 7.68. The van der Waals surface area contributed by atoms with Crippen LogP contribution in [0.25, 0.3) is 5.57 Å². The molecule has 0 aliphatic rings. The lowest BCUT2D eigenvalue weighted by Crippen LogP contribution is -2.13. The molecule has 0 aliphatic heterocycles. The van der Waals surface area contributed by atoms with Gasteiger partial charge < -0.3 is 5.32 Å². The van der Waals surface area contributed by atoms with E-state index in [1.165, 1.54) is 18.3 Å². The molecular weight excluding hydrogens is 378 g/mol. The molecule has 0 bridgehead atoms. The van der Waals surface area contributed by atoms with Gasteiger partial charge in [-0.15, -0.1) is 10.2 Å². The summed E-state index contributed by atoms with van der Waals surface area (Å²) in [6.07, 6.45) is 1.42. The lowest BCUT2D eigenvalue weighted by atomic mass is 10.1. The molecule has 3 aromatic rings. The molecule has 0 aliphatic carbocycles. The minimum atomic E-state index is -3.71. The van der Waals surface area contributed by atoms with Crippen LogP contribution in [0.3, 0.4) is 0 Å². The molecule has 0 spiro atoms. The Labute approximate surface area is 162 Å². The molecule has 28 heavy (non-hydrogen) atoms. The zero-order chi connectivity index (χ0) is 20.1. The first kappa shape index (κ1) is 19.1. The van der Waals surface area contributed by atoms with Crippen LogP contribution in [-0.4, -0.2) is 29.0 Å². The number of allylic oxidation sites excluding steroid dienone is 1. The van der Waals surface area contributed by atoms with E-state index in [4.69, 9.17) is 5.26 Å². The Kier molecular flexibility index (Phi) is 5.37. The molecule has 0 amide bonds. The number of aromatic amines is 1. The van der Waals surface area contributed by atoms with Crippen LogP contribution in [-0.2, 0) is 10.0 Å².